The Morgan fingerprint density at radius 3 is 1.54 bits per heavy atom. The molecule has 0 N–H and O–H groups in total. The molecule has 0 amide bonds. The molecule has 0 radical (unpaired) electrons. The van der Waals surface area contributed by atoms with E-state index in [0.717, 1.165) is 18.8 Å². The minimum atomic E-state index is 0.241. The largest absolute Gasteiger partial charge is 0.382 e. The molecule has 0 unspecified atom stereocenters. The first-order chi connectivity index (χ1) is 12.8. The van der Waals surface area contributed by atoms with E-state index in [9.17, 15) is 4.79 Å². The van der Waals surface area contributed by atoms with Gasteiger partial charge < -0.3 is 18.9 Å². The molecule has 0 aromatic carbocycles. The molecule has 0 aliphatic heterocycles. The lowest BCUT2D eigenvalue weighted by molar-refractivity contribution is -0.109. The minimum Gasteiger partial charge on any atom is -0.382 e. The minimum absolute atomic E-state index is 0.241. The molecule has 0 heterocycles. The Morgan fingerprint density at radius 2 is 1.04 bits per heavy atom. The van der Waals surface area contributed by atoms with E-state index in [1.807, 2.05) is 0 Å². The smallest absolute Gasteiger partial charge is 0.185 e. The van der Waals surface area contributed by atoms with Crippen LogP contribution in [0.2, 0.25) is 0 Å². The number of unbranched alkanes of at least 4 members (excludes halogenated alkanes) is 8. The van der Waals surface area contributed by atoms with Gasteiger partial charge >= 0.3 is 0 Å². The van der Waals surface area contributed by atoms with Crippen LogP contribution in [-0.2, 0) is 23.7 Å². The van der Waals surface area contributed by atoms with E-state index < -0.39 is 0 Å². The molecule has 26 heavy (non-hydrogen) atoms. The van der Waals surface area contributed by atoms with E-state index in [1.165, 1.54) is 63.1 Å². The molecule has 0 rings (SSSR count). The van der Waals surface area contributed by atoms with Gasteiger partial charge in [-0.2, -0.15) is 0 Å². The molecule has 0 atom stereocenters. The molecule has 0 saturated heterocycles. The number of hydrogen-bond acceptors (Lipinski definition) is 6. The van der Waals surface area contributed by atoms with Crippen molar-refractivity contribution in [3.8, 4) is 0 Å². The van der Waals surface area contributed by atoms with Gasteiger partial charge in [-0.15, -0.1) is 0 Å². The lowest BCUT2D eigenvalue weighted by Crippen LogP contribution is -2.11. The van der Waals surface area contributed by atoms with Crippen molar-refractivity contribution in [3.05, 3.63) is 0 Å². The summed E-state index contributed by atoms with van der Waals surface area (Å²) in [5, 5.41) is 0.241. The Balaban J connectivity index is 2.98. The van der Waals surface area contributed by atoms with E-state index in [-0.39, 0.29) is 5.12 Å². The summed E-state index contributed by atoms with van der Waals surface area (Å²) in [5.74, 6) is 0.989. The second-order valence-corrected chi connectivity index (χ2v) is 7.62. The van der Waals surface area contributed by atoms with Gasteiger partial charge in [0.05, 0.1) is 39.6 Å². The van der Waals surface area contributed by atoms with Crippen LogP contribution in [-0.4, -0.2) is 64.2 Å². The van der Waals surface area contributed by atoms with Crippen LogP contribution in [0.25, 0.3) is 0 Å². The van der Waals surface area contributed by atoms with E-state index >= 15 is 0 Å². The third kappa shape index (κ3) is 23.9. The zero-order valence-corrected chi connectivity index (χ0v) is 17.8. The first-order valence-electron chi connectivity index (χ1n) is 10.1. The van der Waals surface area contributed by atoms with E-state index in [2.05, 4.69) is 0 Å². The number of thioether (sulfide) groups is 1. The number of carbonyl (C=O) groups excluding carboxylic acids is 1. The number of methoxy groups -OCH3 is 1. The Labute approximate surface area is 164 Å². The van der Waals surface area contributed by atoms with Crippen LogP contribution < -0.4 is 0 Å². The summed E-state index contributed by atoms with van der Waals surface area (Å²) in [4.78, 5) is 10.8. The first kappa shape index (κ1) is 25.9. The molecule has 0 saturated carbocycles. The Kier molecular flexibility index (Phi) is 22.8. The number of rotatable bonds is 21. The normalized spacial score (nSPS) is 11.2. The molecular formula is C20H40O5S. The molecule has 0 spiro atoms. The van der Waals surface area contributed by atoms with Crippen LogP contribution in [0.1, 0.15) is 64.7 Å². The van der Waals surface area contributed by atoms with Crippen molar-refractivity contribution in [2.24, 2.45) is 0 Å². The quantitative estimate of drug-likeness (QED) is 0.269. The molecule has 0 aliphatic rings. The SMILES string of the molecule is COCCOCCOCCOCCCCCCCCCCCSC(C)=O. The zero-order chi connectivity index (χ0) is 19.1. The first-order valence-corrected chi connectivity index (χ1v) is 11.1. The van der Waals surface area contributed by atoms with Crippen molar-refractivity contribution >= 4 is 16.9 Å². The van der Waals surface area contributed by atoms with E-state index in [1.54, 1.807) is 14.0 Å². The van der Waals surface area contributed by atoms with Gasteiger partial charge in [0.15, 0.2) is 5.12 Å². The van der Waals surface area contributed by atoms with Gasteiger partial charge in [0.1, 0.15) is 0 Å². The average molecular weight is 393 g/mol. The predicted molar refractivity (Wildman–Crippen MR) is 109 cm³/mol. The molecule has 0 bridgehead atoms. The molecule has 0 aromatic heterocycles. The van der Waals surface area contributed by atoms with Crippen molar-refractivity contribution < 1.29 is 23.7 Å². The van der Waals surface area contributed by atoms with E-state index in [4.69, 9.17) is 18.9 Å². The fourth-order valence-electron chi connectivity index (χ4n) is 2.44. The average Bonchev–Trinajstić information content (AvgIpc) is 2.62. The maximum atomic E-state index is 10.8. The Hall–Kier alpha value is -0.140. The van der Waals surface area contributed by atoms with Crippen LogP contribution >= 0.6 is 11.8 Å². The van der Waals surface area contributed by atoms with Crippen LogP contribution in [0.4, 0.5) is 0 Å². The Bertz CT molecular complexity index is 289. The van der Waals surface area contributed by atoms with Crippen molar-refractivity contribution in [2.45, 2.75) is 64.7 Å². The van der Waals surface area contributed by atoms with Gasteiger partial charge in [-0.3, -0.25) is 4.79 Å². The van der Waals surface area contributed by atoms with Gasteiger partial charge in [0.25, 0.3) is 0 Å². The summed E-state index contributed by atoms with van der Waals surface area (Å²) < 4.78 is 21.2. The number of hydrogen-bond donors (Lipinski definition) is 0. The van der Waals surface area contributed by atoms with Gasteiger partial charge in [-0.1, -0.05) is 56.7 Å². The Morgan fingerprint density at radius 1 is 0.615 bits per heavy atom. The summed E-state index contributed by atoms with van der Waals surface area (Å²) in [6.45, 7) is 6.26. The molecule has 0 aromatic rings. The number of ether oxygens (including phenoxy) is 4. The van der Waals surface area contributed by atoms with Crippen molar-refractivity contribution in [1.29, 1.82) is 0 Å². The highest BCUT2D eigenvalue weighted by Crippen LogP contribution is 2.12. The highest BCUT2D eigenvalue weighted by atomic mass is 32.2. The van der Waals surface area contributed by atoms with Gasteiger partial charge in [0, 0.05) is 26.4 Å². The molecule has 6 heteroatoms. The zero-order valence-electron chi connectivity index (χ0n) is 17.0. The monoisotopic (exact) mass is 392 g/mol. The molecule has 0 fully saturated rings. The lowest BCUT2D eigenvalue weighted by atomic mass is 10.1. The number of carbonyl (C=O) groups is 1. The predicted octanol–water partition coefficient (Wildman–Crippen LogP) is 4.47. The maximum Gasteiger partial charge on any atom is 0.185 e. The van der Waals surface area contributed by atoms with E-state index in [0.29, 0.717) is 39.6 Å². The third-order valence-electron chi connectivity index (χ3n) is 3.91. The fraction of sp³-hybridized carbons (Fsp3) is 0.950. The summed E-state index contributed by atoms with van der Waals surface area (Å²) in [6, 6.07) is 0. The molecule has 156 valence electrons. The lowest BCUT2D eigenvalue weighted by Gasteiger charge is -2.07. The van der Waals surface area contributed by atoms with Crippen LogP contribution in [0, 0.1) is 0 Å². The van der Waals surface area contributed by atoms with Crippen molar-refractivity contribution in [3.63, 3.8) is 0 Å². The topological polar surface area (TPSA) is 54.0 Å². The summed E-state index contributed by atoms with van der Waals surface area (Å²) in [5.41, 5.74) is 0. The maximum absolute atomic E-state index is 10.8. The summed E-state index contributed by atoms with van der Waals surface area (Å²) >= 11 is 1.45. The van der Waals surface area contributed by atoms with Crippen LogP contribution in [0.3, 0.4) is 0 Å². The van der Waals surface area contributed by atoms with Gasteiger partial charge in [0.2, 0.25) is 0 Å². The standard InChI is InChI=1S/C20H40O5S/c1-20(21)26-19-11-9-7-5-3-4-6-8-10-12-23-15-16-25-18-17-24-14-13-22-2/h3-19H2,1-2H3. The van der Waals surface area contributed by atoms with Crippen LogP contribution in [0.15, 0.2) is 0 Å². The second kappa shape index (κ2) is 22.9. The summed E-state index contributed by atoms with van der Waals surface area (Å²) in [6.07, 6.45) is 11.4. The van der Waals surface area contributed by atoms with Crippen LogP contribution in [0.5, 0.6) is 0 Å². The van der Waals surface area contributed by atoms with Gasteiger partial charge in [-0.05, 0) is 12.8 Å². The second-order valence-electron chi connectivity index (χ2n) is 6.35. The highest BCUT2D eigenvalue weighted by Gasteiger charge is 1.96. The molecular weight excluding hydrogens is 352 g/mol. The molecule has 0 aliphatic carbocycles. The molecule has 5 nitrogen and oxygen atoms in total. The third-order valence-corrected chi connectivity index (χ3v) is 4.81. The van der Waals surface area contributed by atoms with Gasteiger partial charge in [-0.25, -0.2) is 0 Å². The highest BCUT2D eigenvalue weighted by molar-refractivity contribution is 8.13. The summed E-state index contributed by atoms with van der Waals surface area (Å²) in [7, 11) is 1.67. The van der Waals surface area contributed by atoms with Crippen molar-refractivity contribution in [1.82, 2.24) is 0 Å². The van der Waals surface area contributed by atoms with Crippen molar-refractivity contribution in [2.75, 3.05) is 59.1 Å². The fourth-order valence-corrected chi connectivity index (χ4v) is 3.08.